The van der Waals surface area contributed by atoms with E-state index in [9.17, 15) is 13.2 Å². The maximum absolute atomic E-state index is 12.5. The summed E-state index contributed by atoms with van der Waals surface area (Å²) >= 11 is 9.44. The second-order valence-corrected chi connectivity index (χ2v) is 8.56. The third-order valence-corrected chi connectivity index (χ3v) is 5.81. The van der Waals surface area contributed by atoms with Crippen molar-refractivity contribution in [3.63, 3.8) is 0 Å². The third-order valence-electron chi connectivity index (χ3n) is 3.73. The SMILES string of the molecule is Cc1ccc(S(=O)(=O)Nc2ccc3c(Cl)c(OCCBr)oc(=O)c3c2)cc1. The topological polar surface area (TPSA) is 85.6 Å². The fraction of sp³-hybridized carbons (Fsp3) is 0.167. The Morgan fingerprint density at radius 3 is 2.52 bits per heavy atom. The Bertz CT molecular complexity index is 1140. The number of rotatable bonds is 6. The van der Waals surface area contributed by atoms with Crippen LogP contribution in [0.25, 0.3) is 10.8 Å². The molecule has 0 unspecified atom stereocenters. The van der Waals surface area contributed by atoms with Crippen LogP contribution in [0.5, 0.6) is 5.95 Å². The molecule has 0 saturated carbocycles. The maximum Gasteiger partial charge on any atom is 0.346 e. The molecule has 0 aliphatic rings. The van der Waals surface area contributed by atoms with Crippen LogP contribution in [0.3, 0.4) is 0 Å². The van der Waals surface area contributed by atoms with E-state index in [1.54, 1.807) is 18.2 Å². The summed E-state index contributed by atoms with van der Waals surface area (Å²) in [6.45, 7) is 2.15. The molecule has 6 nitrogen and oxygen atoms in total. The molecule has 0 atom stereocenters. The van der Waals surface area contributed by atoms with Crippen molar-refractivity contribution in [1.82, 2.24) is 0 Å². The van der Waals surface area contributed by atoms with Gasteiger partial charge in [-0.2, -0.15) is 0 Å². The average molecular weight is 473 g/mol. The third kappa shape index (κ3) is 4.28. The predicted molar refractivity (Wildman–Crippen MR) is 109 cm³/mol. The number of aryl methyl sites for hydroxylation is 1. The zero-order chi connectivity index (χ0) is 19.6. The van der Waals surface area contributed by atoms with Crippen molar-refractivity contribution in [3.05, 3.63) is 63.5 Å². The first-order valence-corrected chi connectivity index (χ1v) is 10.8. The number of sulfonamides is 1. The van der Waals surface area contributed by atoms with E-state index in [2.05, 4.69) is 20.7 Å². The summed E-state index contributed by atoms with van der Waals surface area (Å²) in [7, 11) is -3.79. The first-order chi connectivity index (χ1) is 12.8. The van der Waals surface area contributed by atoms with E-state index in [1.165, 1.54) is 24.3 Å². The Morgan fingerprint density at radius 2 is 1.85 bits per heavy atom. The zero-order valence-corrected chi connectivity index (χ0v) is 17.3. The first-order valence-electron chi connectivity index (χ1n) is 7.86. The molecule has 0 saturated heterocycles. The number of fused-ring (bicyclic) bond motifs is 1. The van der Waals surface area contributed by atoms with Gasteiger partial charge in [-0.05, 0) is 31.2 Å². The fourth-order valence-corrected chi connectivity index (χ4v) is 3.89. The van der Waals surface area contributed by atoms with Crippen LogP contribution in [-0.4, -0.2) is 20.4 Å². The Hall–Kier alpha value is -2.03. The van der Waals surface area contributed by atoms with Crippen LogP contribution in [0.2, 0.25) is 5.02 Å². The van der Waals surface area contributed by atoms with Crippen LogP contribution in [0.4, 0.5) is 5.69 Å². The average Bonchev–Trinajstić information content (AvgIpc) is 2.63. The number of halogens is 2. The van der Waals surface area contributed by atoms with E-state index in [1.807, 2.05) is 6.92 Å². The standard InChI is InChI=1S/C18H15BrClNO5S/c1-11-2-5-13(6-3-11)27(23,24)21-12-4-7-14-15(10-12)17(22)26-18(16(14)20)25-9-8-19/h2-7,10,21H,8-9H2,1H3. The van der Waals surface area contributed by atoms with Crippen molar-refractivity contribution < 1.29 is 17.6 Å². The van der Waals surface area contributed by atoms with Crippen LogP contribution >= 0.6 is 27.5 Å². The molecule has 27 heavy (non-hydrogen) atoms. The van der Waals surface area contributed by atoms with Crippen molar-refractivity contribution in [3.8, 4) is 5.95 Å². The van der Waals surface area contributed by atoms with Crippen LogP contribution < -0.4 is 15.1 Å². The Kier molecular flexibility index (Phi) is 5.78. The first kappa shape index (κ1) is 19.7. The number of nitrogens with one attached hydrogen (secondary N) is 1. The molecule has 0 radical (unpaired) electrons. The number of hydrogen-bond donors (Lipinski definition) is 1. The molecule has 2 aromatic carbocycles. The van der Waals surface area contributed by atoms with Gasteiger partial charge in [0.2, 0.25) is 0 Å². The van der Waals surface area contributed by atoms with Gasteiger partial charge in [0, 0.05) is 16.4 Å². The lowest BCUT2D eigenvalue weighted by Gasteiger charge is -2.10. The number of hydrogen-bond acceptors (Lipinski definition) is 5. The monoisotopic (exact) mass is 471 g/mol. The van der Waals surface area contributed by atoms with E-state index < -0.39 is 15.6 Å². The van der Waals surface area contributed by atoms with Gasteiger partial charge in [-0.1, -0.05) is 51.3 Å². The predicted octanol–water partition coefficient (Wildman–Crippen LogP) is 4.33. The molecule has 0 aliphatic carbocycles. The molecule has 0 aliphatic heterocycles. The van der Waals surface area contributed by atoms with Crippen molar-refractivity contribution in [2.75, 3.05) is 16.7 Å². The summed E-state index contributed by atoms with van der Waals surface area (Å²) in [5.41, 5.74) is 0.501. The number of alkyl halides is 1. The summed E-state index contributed by atoms with van der Waals surface area (Å²) in [4.78, 5) is 12.4. The smallest absolute Gasteiger partial charge is 0.346 e. The van der Waals surface area contributed by atoms with Crippen molar-refractivity contribution >= 4 is 54.0 Å². The quantitative estimate of drug-likeness (QED) is 0.540. The Balaban J connectivity index is 1.98. The van der Waals surface area contributed by atoms with Crippen LogP contribution in [0, 0.1) is 6.92 Å². The lowest BCUT2D eigenvalue weighted by atomic mass is 10.1. The maximum atomic E-state index is 12.5. The largest absolute Gasteiger partial charge is 0.463 e. The van der Waals surface area contributed by atoms with Crippen LogP contribution in [0.1, 0.15) is 5.56 Å². The van der Waals surface area contributed by atoms with Gasteiger partial charge < -0.3 is 9.15 Å². The van der Waals surface area contributed by atoms with E-state index in [0.29, 0.717) is 10.7 Å². The van der Waals surface area contributed by atoms with Crippen LogP contribution in [0.15, 0.2) is 56.6 Å². The second-order valence-electron chi connectivity index (χ2n) is 5.71. The fourth-order valence-electron chi connectivity index (χ4n) is 2.42. The number of benzene rings is 2. The van der Waals surface area contributed by atoms with Gasteiger partial charge in [-0.3, -0.25) is 4.72 Å². The van der Waals surface area contributed by atoms with Gasteiger partial charge in [0.25, 0.3) is 10.0 Å². The number of anilines is 1. The van der Waals surface area contributed by atoms with Gasteiger partial charge in [-0.15, -0.1) is 0 Å². The highest BCUT2D eigenvalue weighted by Crippen LogP contribution is 2.32. The van der Waals surface area contributed by atoms with Crippen molar-refractivity contribution in [2.45, 2.75) is 11.8 Å². The van der Waals surface area contributed by atoms with Gasteiger partial charge >= 0.3 is 11.6 Å². The summed E-state index contributed by atoms with van der Waals surface area (Å²) in [6.07, 6.45) is 0. The van der Waals surface area contributed by atoms with E-state index >= 15 is 0 Å². The van der Waals surface area contributed by atoms with Crippen molar-refractivity contribution in [2.24, 2.45) is 0 Å². The van der Waals surface area contributed by atoms with Crippen LogP contribution in [-0.2, 0) is 10.0 Å². The minimum atomic E-state index is -3.79. The molecule has 1 heterocycles. The molecule has 9 heteroatoms. The second kappa shape index (κ2) is 7.92. The Morgan fingerprint density at radius 1 is 1.15 bits per heavy atom. The highest BCUT2D eigenvalue weighted by molar-refractivity contribution is 9.09. The summed E-state index contributed by atoms with van der Waals surface area (Å²) < 4.78 is 37.9. The summed E-state index contributed by atoms with van der Waals surface area (Å²) in [5, 5.41) is 1.26. The highest BCUT2D eigenvalue weighted by Gasteiger charge is 2.17. The minimum Gasteiger partial charge on any atom is -0.463 e. The van der Waals surface area contributed by atoms with Gasteiger partial charge in [-0.25, -0.2) is 13.2 Å². The lowest BCUT2D eigenvalue weighted by Crippen LogP contribution is -2.13. The molecule has 1 aromatic heterocycles. The molecule has 142 valence electrons. The molecule has 1 N–H and O–H groups in total. The van der Waals surface area contributed by atoms with Gasteiger partial charge in [0.15, 0.2) is 0 Å². The minimum absolute atomic E-state index is 0.0680. The molecule has 0 fully saturated rings. The molecule has 0 spiro atoms. The molecule has 0 bridgehead atoms. The van der Waals surface area contributed by atoms with Gasteiger partial charge in [0.05, 0.1) is 10.3 Å². The van der Waals surface area contributed by atoms with E-state index in [-0.39, 0.29) is 33.5 Å². The summed E-state index contributed by atoms with van der Waals surface area (Å²) in [5.74, 6) is -0.0680. The van der Waals surface area contributed by atoms with Gasteiger partial charge in [0.1, 0.15) is 11.6 Å². The van der Waals surface area contributed by atoms with E-state index in [0.717, 1.165) is 5.56 Å². The zero-order valence-electron chi connectivity index (χ0n) is 14.2. The molecule has 3 aromatic rings. The summed E-state index contributed by atoms with van der Waals surface area (Å²) in [6, 6.07) is 10.9. The highest BCUT2D eigenvalue weighted by atomic mass is 79.9. The molecular formula is C18H15BrClNO5S. The lowest BCUT2D eigenvalue weighted by molar-refractivity contribution is 0.249. The molecular weight excluding hydrogens is 458 g/mol. The molecule has 0 amide bonds. The normalized spacial score (nSPS) is 11.5. The Labute approximate surface area is 169 Å². The molecule has 3 rings (SSSR count). The van der Waals surface area contributed by atoms with E-state index in [4.69, 9.17) is 20.8 Å². The number of ether oxygens (including phenoxy) is 1. The van der Waals surface area contributed by atoms with Crippen molar-refractivity contribution in [1.29, 1.82) is 0 Å².